The molecule has 0 aliphatic carbocycles. The highest BCUT2D eigenvalue weighted by Crippen LogP contribution is 2.25. The number of nitrogens with one attached hydrogen (secondary N) is 1. The normalized spacial score (nSPS) is 11.4. The molecule has 7 heteroatoms. The summed E-state index contributed by atoms with van der Waals surface area (Å²) in [6.07, 6.45) is 0. The van der Waals surface area contributed by atoms with Crippen LogP contribution in [0.1, 0.15) is 33.7 Å². The molecule has 0 spiro atoms. The van der Waals surface area contributed by atoms with Crippen LogP contribution in [0.4, 0.5) is 5.13 Å². The Hall–Kier alpha value is -1.21. The average molecular weight is 298 g/mol. The van der Waals surface area contributed by atoms with Crippen LogP contribution >= 0.6 is 23.6 Å². The van der Waals surface area contributed by atoms with Crippen molar-refractivity contribution in [1.29, 1.82) is 0 Å². The standard InChI is InChI=1S/C12H18N4OS2/c1-5-15(6-2)12-14-9-8(19-12)10(17)16(7(3)4)11(18)13-9/h7H,5-6H2,1-4H3,(H,13,18). The van der Waals surface area contributed by atoms with Crippen molar-refractivity contribution in [3.63, 3.8) is 0 Å². The first-order valence-corrected chi connectivity index (χ1v) is 7.62. The molecule has 0 aliphatic heterocycles. The molecule has 0 saturated heterocycles. The third-order valence-electron chi connectivity index (χ3n) is 3.02. The number of fused-ring (bicyclic) bond motifs is 1. The van der Waals surface area contributed by atoms with Gasteiger partial charge in [0.1, 0.15) is 4.70 Å². The van der Waals surface area contributed by atoms with Gasteiger partial charge >= 0.3 is 0 Å². The fourth-order valence-corrected chi connectivity index (χ4v) is 3.48. The van der Waals surface area contributed by atoms with Gasteiger partial charge in [0, 0.05) is 19.1 Å². The van der Waals surface area contributed by atoms with Gasteiger partial charge in [0.2, 0.25) is 0 Å². The Kier molecular flexibility index (Phi) is 4.05. The number of thiazole rings is 1. The molecule has 2 rings (SSSR count). The van der Waals surface area contributed by atoms with Crippen LogP contribution in [-0.2, 0) is 0 Å². The van der Waals surface area contributed by atoms with Crippen LogP contribution in [0.25, 0.3) is 10.3 Å². The number of aromatic nitrogens is 3. The Balaban J connectivity index is 2.71. The molecule has 0 aromatic carbocycles. The highest BCUT2D eigenvalue weighted by molar-refractivity contribution is 7.71. The highest BCUT2D eigenvalue weighted by Gasteiger charge is 2.15. The Morgan fingerprint density at radius 1 is 1.42 bits per heavy atom. The second-order valence-corrected chi connectivity index (χ2v) is 5.91. The fraction of sp³-hybridized carbons (Fsp3) is 0.583. The van der Waals surface area contributed by atoms with E-state index in [-0.39, 0.29) is 11.6 Å². The van der Waals surface area contributed by atoms with Crippen LogP contribution in [0.3, 0.4) is 0 Å². The minimum Gasteiger partial charge on any atom is -0.349 e. The summed E-state index contributed by atoms with van der Waals surface area (Å²) in [5.74, 6) is 0. The van der Waals surface area contributed by atoms with Crippen molar-refractivity contribution in [2.24, 2.45) is 0 Å². The summed E-state index contributed by atoms with van der Waals surface area (Å²) in [6, 6.07) is 0.0413. The second-order valence-electron chi connectivity index (χ2n) is 4.55. The Bertz CT molecular complexity index is 694. The molecule has 0 atom stereocenters. The fourth-order valence-electron chi connectivity index (χ4n) is 2.00. The van der Waals surface area contributed by atoms with Gasteiger partial charge < -0.3 is 9.88 Å². The molecule has 2 heterocycles. The molecule has 1 N–H and O–H groups in total. The molecule has 0 amide bonds. The van der Waals surface area contributed by atoms with Gasteiger partial charge in [0.25, 0.3) is 5.56 Å². The third-order valence-corrected chi connectivity index (χ3v) is 4.43. The van der Waals surface area contributed by atoms with Crippen LogP contribution < -0.4 is 10.5 Å². The van der Waals surface area contributed by atoms with Gasteiger partial charge in [-0.2, -0.15) is 0 Å². The predicted octanol–water partition coefficient (Wildman–Crippen LogP) is 2.94. The molecular formula is C12H18N4OS2. The Morgan fingerprint density at radius 2 is 2.05 bits per heavy atom. The van der Waals surface area contributed by atoms with Crippen molar-refractivity contribution in [2.45, 2.75) is 33.7 Å². The number of aromatic amines is 1. The van der Waals surface area contributed by atoms with E-state index in [4.69, 9.17) is 12.2 Å². The van der Waals surface area contributed by atoms with Gasteiger partial charge in [-0.15, -0.1) is 0 Å². The van der Waals surface area contributed by atoms with Crippen molar-refractivity contribution < 1.29 is 0 Å². The largest absolute Gasteiger partial charge is 0.349 e. The zero-order chi connectivity index (χ0) is 14.2. The van der Waals surface area contributed by atoms with Crippen molar-refractivity contribution in [3.05, 3.63) is 15.1 Å². The molecular weight excluding hydrogens is 280 g/mol. The lowest BCUT2D eigenvalue weighted by Gasteiger charge is -2.15. The van der Waals surface area contributed by atoms with E-state index in [1.807, 2.05) is 13.8 Å². The van der Waals surface area contributed by atoms with E-state index >= 15 is 0 Å². The molecule has 2 aromatic rings. The molecule has 0 fully saturated rings. The monoisotopic (exact) mass is 298 g/mol. The molecule has 2 aromatic heterocycles. The summed E-state index contributed by atoms with van der Waals surface area (Å²) >= 11 is 6.66. The summed E-state index contributed by atoms with van der Waals surface area (Å²) in [7, 11) is 0. The summed E-state index contributed by atoms with van der Waals surface area (Å²) in [5, 5.41) is 0.865. The van der Waals surface area contributed by atoms with Crippen molar-refractivity contribution in [1.82, 2.24) is 14.5 Å². The number of hydrogen-bond acceptors (Lipinski definition) is 5. The van der Waals surface area contributed by atoms with E-state index in [1.165, 1.54) is 11.3 Å². The Morgan fingerprint density at radius 3 is 2.58 bits per heavy atom. The summed E-state index contributed by atoms with van der Waals surface area (Å²) in [4.78, 5) is 22.1. The van der Waals surface area contributed by atoms with Gasteiger partial charge in [0.05, 0.1) is 0 Å². The van der Waals surface area contributed by atoms with Gasteiger partial charge in [-0.3, -0.25) is 9.36 Å². The average Bonchev–Trinajstić information content (AvgIpc) is 2.74. The van der Waals surface area contributed by atoms with Crippen molar-refractivity contribution in [3.8, 4) is 0 Å². The van der Waals surface area contributed by atoms with Crippen molar-refractivity contribution in [2.75, 3.05) is 18.0 Å². The van der Waals surface area contributed by atoms with Crippen LogP contribution in [0.2, 0.25) is 0 Å². The topological polar surface area (TPSA) is 53.9 Å². The zero-order valence-electron chi connectivity index (χ0n) is 11.6. The van der Waals surface area contributed by atoms with E-state index in [0.29, 0.717) is 15.1 Å². The smallest absolute Gasteiger partial charge is 0.274 e. The van der Waals surface area contributed by atoms with E-state index < -0.39 is 0 Å². The van der Waals surface area contributed by atoms with E-state index in [1.54, 1.807) is 4.57 Å². The molecule has 104 valence electrons. The minimum absolute atomic E-state index is 0.0413. The predicted molar refractivity (Wildman–Crippen MR) is 83.0 cm³/mol. The van der Waals surface area contributed by atoms with Gasteiger partial charge in [0.15, 0.2) is 15.5 Å². The van der Waals surface area contributed by atoms with Crippen LogP contribution in [0, 0.1) is 4.77 Å². The molecule has 5 nitrogen and oxygen atoms in total. The molecule has 0 bridgehead atoms. The lowest BCUT2D eigenvalue weighted by atomic mass is 10.4. The zero-order valence-corrected chi connectivity index (χ0v) is 13.2. The first-order valence-electron chi connectivity index (χ1n) is 6.39. The lowest BCUT2D eigenvalue weighted by Crippen LogP contribution is -2.23. The van der Waals surface area contributed by atoms with Gasteiger partial charge in [-0.25, -0.2) is 4.98 Å². The minimum atomic E-state index is -0.0512. The van der Waals surface area contributed by atoms with Gasteiger partial charge in [-0.05, 0) is 39.9 Å². The molecule has 0 aliphatic rings. The maximum Gasteiger partial charge on any atom is 0.274 e. The maximum absolute atomic E-state index is 12.4. The van der Waals surface area contributed by atoms with Crippen molar-refractivity contribution >= 4 is 39.0 Å². The Labute approximate surface area is 120 Å². The molecule has 19 heavy (non-hydrogen) atoms. The van der Waals surface area contributed by atoms with Crippen LogP contribution in [0.5, 0.6) is 0 Å². The SMILES string of the molecule is CCN(CC)c1nc2[nH]c(=S)n(C(C)C)c(=O)c2s1. The number of anilines is 1. The number of nitrogens with zero attached hydrogens (tertiary/aromatic N) is 3. The van der Waals surface area contributed by atoms with E-state index in [2.05, 4.69) is 28.7 Å². The highest BCUT2D eigenvalue weighted by atomic mass is 32.1. The quantitative estimate of drug-likeness (QED) is 0.882. The molecule has 0 radical (unpaired) electrons. The summed E-state index contributed by atoms with van der Waals surface area (Å²) in [5.41, 5.74) is 0.545. The third kappa shape index (κ3) is 2.44. The lowest BCUT2D eigenvalue weighted by molar-refractivity contribution is 0.565. The van der Waals surface area contributed by atoms with E-state index in [9.17, 15) is 4.79 Å². The first kappa shape index (κ1) is 14.2. The molecule has 0 unspecified atom stereocenters. The van der Waals surface area contributed by atoms with Gasteiger partial charge in [-0.1, -0.05) is 11.3 Å². The summed E-state index contributed by atoms with van der Waals surface area (Å²) < 4.78 is 2.68. The van der Waals surface area contributed by atoms with Crippen LogP contribution in [0.15, 0.2) is 4.79 Å². The summed E-state index contributed by atoms with van der Waals surface area (Å²) in [6.45, 7) is 9.78. The first-order chi connectivity index (χ1) is 8.99. The maximum atomic E-state index is 12.4. The number of H-pyrrole nitrogens is 1. The van der Waals surface area contributed by atoms with E-state index in [0.717, 1.165) is 18.2 Å². The number of rotatable bonds is 4. The number of hydrogen-bond donors (Lipinski definition) is 1. The molecule has 0 saturated carbocycles. The van der Waals surface area contributed by atoms with Crippen LogP contribution in [-0.4, -0.2) is 27.6 Å². The second kappa shape index (κ2) is 5.42.